The Morgan fingerprint density at radius 1 is 1.03 bits per heavy atom. The molecule has 9 nitrogen and oxygen atoms in total. The molecule has 0 bridgehead atoms. The minimum absolute atomic E-state index is 0.108. The molecule has 0 radical (unpaired) electrons. The Hall–Kier alpha value is -2.94. The predicted molar refractivity (Wildman–Crippen MR) is 122 cm³/mol. The number of nitrogens with zero attached hydrogens (tertiary/aromatic N) is 5. The number of hydrogen-bond acceptors (Lipinski definition) is 7. The number of nitrogens with one attached hydrogen (secondary N) is 1. The molecule has 0 spiro atoms. The molecule has 1 saturated carbocycles. The Morgan fingerprint density at radius 2 is 1.79 bits per heavy atom. The first-order valence-corrected chi connectivity index (χ1v) is 12.2. The molecule has 174 valence electrons. The number of hydrogen-bond donors (Lipinski definition) is 1. The molecule has 2 aromatic heterocycles. The summed E-state index contributed by atoms with van der Waals surface area (Å²) < 4.78 is 13.1. The van der Waals surface area contributed by atoms with Gasteiger partial charge < -0.3 is 14.5 Å². The second-order valence-corrected chi connectivity index (χ2v) is 9.74. The van der Waals surface area contributed by atoms with Gasteiger partial charge in [-0.1, -0.05) is 26.2 Å². The summed E-state index contributed by atoms with van der Waals surface area (Å²) in [5.74, 6) is 2.83. The summed E-state index contributed by atoms with van der Waals surface area (Å²) in [5.41, 5.74) is 1.32. The standard InChI is InChI=1S/C24H30N6O3/c1-15-7-9-29(10-8-15)22(23-26-27-28-30(23)17-5-3-2-4-6-17)18-11-16-12-20-21(33-14-32-20)13-19(16)25-24(18)31/h11-13,15,17,22H,2-10,14H2,1H3,(H,25,31). The monoisotopic (exact) mass is 450 g/mol. The SMILES string of the molecule is CC1CCN(C(c2cc3cc4c(cc3[nH]c2=O)OCO4)c2nnnn2C2CCCCC2)CC1. The topological polar surface area (TPSA) is 98.2 Å². The number of tetrazole rings is 1. The molecule has 33 heavy (non-hydrogen) atoms. The average Bonchev–Trinajstić information content (AvgIpc) is 3.49. The summed E-state index contributed by atoms with van der Waals surface area (Å²) in [6.45, 7) is 4.33. The van der Waals surface area contributed by atoms with E-state index in [0.29, 0.717) is 29.0 Å². The van der Waals surface area contributed by atoms with Crippen molar-refractivity contribution in [3.8, 4) is 11.5 Å². The molecule has 1 atom stereocenters. The Morgan fingerprint density at radius 3 is 2.58 bits per heavy atom. The summed E-state index contributed by atoms with van der Waals surface area (Å²) in [5, 5.41) is 13.9. The number of pyridine rings is 1. The van der Waals surface area contributed by atoms with E-state index in [2.05, 4.69) is 32.3 Å². The van der Waals surface area contributed by atoms with Crippen molar-refractivity contribution in [1.29, 1.82) is 0 Å². The Kier molecular flexibility index (Phi) is 5.28. The Bertz CT molecular complexity index is 1210. The molecule has 0 amide bonds. The average molecular weight is 451 g/mol. The lowest BCUT2D eigenvalue weighted by atomic mass is 9.93. The third kappa shape index (κ3) is 3.78. The predicted octanol–water partition coefficient (Wildman–Crippen LogP) is 3.57. The van der Waals surface area contributed by atoms with Crippen LogP contribution in [0.3, 0.4) is 0 Å². The van der Waals surface area contributed by atoms with Gasteiger partial charge in [0.1, 0.15) is 6.04 Å². The molecule has 2 aliphatic heterocycles. The van der Waals surface area contributed by atoms with Gasteiger partial charge in [-0.15, -0.1) is 5.10 Å². The third-order valence-corrected chi connectivity index (χ3v) is 7.53. The maximum Gasteiger partial charge on any atom is 0.253 e. The van der Waals surface area contributed by atoms with Crippen molar-refractivity contribution in [2.45, 2.75) is 64.0 Å². The van der Waals surface area contributed by atoms with Crippen LogP contribution in [0.2, 0.25) is 0 Å². The summed E-state index contributed by atoms with van der Waals surface area (Å²) >= 11 is 0. The van der Waals surface area contributed by atoms with Crippen LogP contribution in [0.25, 0.3) is 10.9 Å². The molecule has 3 aromatic rings. The summed E-state index contributed by atoms with van der Waals surface area (Å²) in [7, 11) is 0. The number of aromatic amines is 1. The van der Waals surface area contributed by atoms with Crippen molar-refractivity contribution in [3.63, 3.8) is 0 Å². The van der Waals surface area contributed by atoms with Crippen molar-refractivity contribution in [1.82, 2.24) is 30.1 Å². The van der Waals surface area contributed by atoms with Gasteiger partial charge in [-0.05, 0) is 67.3 Å². The number of rotatable bonds is 4. The van der Waals surface area contributed by atoms with Gasteiger partial charge in [0.05, 0.1) is 11.6 Å². The van der Waals surface area contributed by atoms with Crippen LogP contribution in [0.5, 0.6) is 11.5 Å². The lowest BCUT2D eigenvalue weighted by Gasteiger charge is -2.36. The first kappa shape index (κ1) is 20.7. The molecular weight excluding hydrogens is 420 g/mol. The first-order chi connectivity index (χ1) is 16.2. The Labute approximate surface area is 192 Å². The Balaban J connectivity index is 1.47. The van der Waals surface area contributed by atoms with Crippen molar-refractivity contribution in [2.75, 3.05) is 19.9 Å². The van der Waals surface area contributed by atoms with E-state index in [0.717, 1.165) is 55.5 Å². The van der Waals surface area contributed by atoms with Gasteiger partial charge in [0.25, 0.3) is 5.56 Å². The minimum atomic E-state index is -0.284. The summed E-state index contributed by atoms with van der Waals surface area (Å²) in [6.07, 6.45) is 8.02. The van der Waals surface area contributed by atoms with Crippen molar-refractivity contribution < 1.29 is 9.47 Å². The number of likely N-dealkylation sites (tertiary alicyclic amines) is 1. The second-order valence-electron chi connectivity index (χ2n) is 9.74. The van der Waals surface area contributed by atoms with E-state index < -0.39 is 0 Å². The summed E-state index contributed by atoms with van der Waals surface area (Å²) in [6, 6.07) is 5.78. The van der Waals surface area contributed by atoms with Crippen LogP contribution >= 0.6 is 0 Å². The molecule has 4 heterocycles. The zero-order valence-electron chi connectivity index (χ0n) is 19.0. The van der Waals surface area contributed by atoms with Crippen LogP contribution in [0.4, 0.5) is 0 Å². The van der Waals surface area contributed by atoms with Gasteiger partial charge in [-0.25, -0.2) is 4.68 Å². The van der Waals surface area contributed by atoms with Crippen LogP contribution in [-0.2, 0) is 0 Å². The highest BCUT2D eigenvalue weighted by atomic mass is 16.7. The molecule has 1 saturated heterocycles. The largest absolute Gasteiger partial charge is 0.454 e. The van der Waals surface area contributed by atoms with E-state index in [-0.39, 0.29) is 18.4 Å². The normalized spacial score (nSPS) is 21.0. The van der Waals surface area contributed by atoms with Gasteiger partial charge in [0.15, 0.2) is 17.3 Å². The molecule has 1 aliphatic carbocycles. The molecule has 1 N–H and O–H groups in total. The molecule has 2 fully saturated rings. The zero-order chi connectivity index (χ0) is 22.4. The number of aromatic nitrogens is 5. The van der Waals surface area contributed by atoms with E-state index in [1.807, 2.05) is 22.9 Å². The number of piperidine rings is 1. The molecule has 3 aliphatic rings. The molecule has 1 unspecified atom stereocenters. The van der Waals surface area contributed by atoms with E-state index in [1.165, 1.54) is 19.3 Å². The van der Waals surface area contributed by atoms with Gasteiger partial charge in [-0.3, -0.25) is 9.69 Å². The van der Waals surface area contributed by atoms with Crippen molar-refractivity contribution in [3.05, 3.63) is 39.9 Å². The number of ether oxygens (including phenoxy) is 2. The first-order valence-electron chi connectivity index (χ1n) is 12.2. The van der Waals surface area contributed by atoms with E-state index in [4.69, 9.17) is 9.47 Å². The fraction of sp³-hybridized carbons (Fsp3) is 0.583. The van der Waals surface area contributed by atoms with Crippen LogP contribution in [0.1, 0.15) is 75.3 Å². The third-order valence-electron chi connectivity index (χ3n) is 7.53. The molecule has 9 heteroatoms. The lowest BCUT2D eigenvalue weighted by molar-refractivity contribution is 0.146. The van der Waals surface area contributed by atoms with Gasteiger partial charge in [0, 0.05) is 17.0 Å². The minimum Gasteiger partial charge on any atom is -0.454 e. The molecular formula is C24H30N6O3. The van der Waals surface area contributed by atoms with Crippen LogP contribution in [0, 0.1) is 5.92 Å². The molecule has 1 aromatic carbocycles. The number of fused-ring (bicyclic) bond motifs is 2. The van der Waals surface area contributed by atoms with Crippen LogP contribution in [0.15, 0.2) is 23.0 Å². The van der Waals surface area contributed by atoms with E-state index >= 15 is 0 Å². The van der Waals surface area contributed by atoms with Crippen LogP contribution < -0.4 is 15.0 Å². The quantitative estimate of drug-likeness (QED) is 0.649. The smallest absolute Gasteiger partial charge is 0.253 e. The number of benzene rings is 1. The second kappa shape index (κ2) is 8.44. The highest BCUT2D eigenvalue weighted by molar-refractivity contribution is 5.83. The van der Waals surface area contributed by atoms with Gasteiger partial charge in [-0.2, -0.15) is 0 Å². The highest BCUT2D eigenvalue weighted by Crippen LogP contribution is 2.38. The summed E-state index contributed by atoms with van der Waals surface area (Å²) in [4.78, 5) is 18.9. The van der Waals surface area contributed by atoms with Crippen molar-refractivity contribution >= 4 is 10.9 Å². The van der Waals surface area contributed by atoms with E-state index in [1.54, 1.807) is 0 Å². The van der Waals surface area contributed by atoms with Crippen molar-refractivity contribution in [2.24, 2.45) is 5.92 Å². The number of H-pyrrole nitrogens is 1. The lowest BCUT2D eigenvalue weighted by Crippen LogP contribution is -2.40. The fourth-order valence-electron chi connectivity index (χ4n) is 5.57. The maximum atomic E-state index is 13.4. The van der Waals surface area contributed by atoms with Crippen LogP contribution in [-0.4, -0.2) is 50.0 Å². The van der Waals surface area contributed by atoms with Gasteiger partial charge >= 0.3 is 0 Å². The zero-order valence-corrected chi connectivity index (χ0v) is 19.0. The maximum absolute atomic E-state index is 13.4. The van der Waals surface area contributed by atoms with Gasteiger partial charge in [0.2, 0.25) is 6.79 Å². The fourth-order valence-corrected chi connectivity index (χ4v) is 5.57. The molecule has 6 rings (SSSR count). The highest BCUT2D eigenvalue weighted by Gasteiger charge is 2.34. The van der Waals surface area contributed by atoms with E-state index in [9.17, 15) is 4.79 Å².